The van der Waals surface area contributed by atoms with Crippen molar-refractivity contribution in [3.63, 3.8) is 0 Å². The molecular weight excluding hydrogens is 206 g/mol. The van der Waals surface area contributed by atoms with E-state index < -0.39 is 5.24 Å². The molecule has 0 amide bonds. The number of aryl methyl sites for hydroxylation is 1. The summed E-state index contributed by atoms with van der Waals surface area (Å²) in [5.41, 5.74) is 0.718. The molecule has 0 atom stereocenters. The largest absolute Gasteiger partial charge is 0.275 e. The zero-order chi connectivity index (χ0) is 10.2. The molecule has 0 N–H and O–H groups in total. The molecule has 0 saturated carbocycles. The third kappa shape index (κ3) is 2.29. The van der Waals surface area contributed by atoms with Gasteiger partial charge in [-0.15, -0.1) is 11.3 Å². The summed E-state index contributed by atoms with van der Waals surface area (Å²) in [4.78, 5) is 15.8. The number of carbonyl (C=O) groups is 1. The molecule has 0 spiro atoms. The van der Waals surface area contributed by atoms with Crippen molar-refractivity contribution in [2.75, 3.05) is 0 Å². The van der Waals surface area contributed by atoms with Crippen LogP contribution in [0.5, 0.6) is 0 Å². The average Bonchev–Trinajstić information content (AvgIpc) is 2.29. The maximum absolute atomic E-state index is 10.9. The van der Waals surface area contributed by atoms with Gasteiger partial charge in [-0.25, -0.2) is 4.98 Å². The van der Waals surface area contributed by atoms with Crippen LogP contribution < -0.4 is 0 Å². The lowest BCUT2D eigenvalue weighted by Gasteiger charge is -2.13. The Hall–Kier alpha value is -0.410. The van der Waals surface area contributed by atoms with E-state index in [-0.39, 0.29) is 5.41 Å². The van der Waals surface area contributed by atoms with Gasteiger partial charge in [0.2, 0.25) is 0 Å². The molecule has 0 aliphatic heterocycles. The molecule has 72 valence electrons. The first-order valence-corrected chi connectivity index (χ1v) is 5.19. The minimum absolute atomic E-state index is 0.0139. The maximum Gasteiger partial charge on any atom is 0.264 e. The summed E-state index contributed by atoms with van der Waals surface area (Å²) in [6.07, 6.45) is 0. The molecule has 1 heterocycles. The van der Waals surface area contributed by atoms with Gasteiger partial charge < -0.3 is 0 Å². The fraction of sp³-hybridized carbons (Fsp3) is 0.556. The fourth-order valence-electron chi connectivity index (χ4n) is 0.900. The molecule has 1 aromatic rings. The SMILES string of the molecule is Cc1nc(C(C)(C)C)sc1C(=O)Cl. The predicted molar refractivity (Wildman–Crippen MR) is 55.7 cm³/mol. The Balaban J connectivity index is 3.17. The normalized spacial score (nSPS) is 11.8. The highest BCUT2D eigenvalue weighted by molar-refractivity contribution is 7.15. The predicted octanol–water partition coefficient (Wildman–Crippen LogP) is 3.13. The minimum atomic E-state index is -0.412. The van der Waals surface area contributed by atoms with Crippen LogP contribution in [0, 0.1) is 6.92 Å². The number of halogens is 1. The molecule has 0 saturated heterocycles. The third-order valence-electron chi connectivity index (χ3n) is 1.62. The van der Waals surface area contributed by atoms with Crippen molar-refractivity contribution in [3.05, 3.63) is 15.6 Å². The van der Waals surface area contributed by atoms with Crippen LogP contribution in [-0.4, -0.2) is 10.2 Å². The highest BCUT2D eigenvalue weighted by Gasteiger charge is 2.21. The number of thiazole rings is 1. The van der Waals surface area contributed by atoms with Gasteiger partial charge in [0.15, 0.2) is 0 Å². The Morgan fingerprint density at radius 3 is 2.23 bits per heavy atom. The first kappa shape index (κ1) is 10.7. The summed E-state index contributed by atoms with van der Waals surface area (Å²) in [7, 11) is 0. The number of nitrogens with zero attached hydrogens (tertiary/aromatic N) is 1. The molecular formula is C9H12ClNOS. The van der Waals surface area contributed by atoms with Crippen LogP contribution >= 0.6 is 22.9 Å². The number of carbonyl (C=O) groups excluding carboxylic acids is 1. The number of rotatable bonds is 1. The maximum atomic E-state index is 10.9. The Morgan fingerprint density at radius 2 is 2.00 bits per heavy atom. The van der Waals surface area contributed by atoms with Gasteiger partial charge in [-0.2, -0.15) is 0 Å². The summed E-state index contributed by atoms with van der Waals surface area (Å²) in [6, 6.07) is 0. The van der Waals surface area contributed by atoms with Gasteiger partial charge in [0.25, 0.3) is 5.24 Å². The Morgan fingerprint density at radius 1 is 1.46 bits per heavy atom. The molecule has 1 aromatic heterocycles. The van der Waals surface area contributed by atoms with E-state index in [9.17, 15) is 4.79 Å². The van der Waals surface area contributed by atoms with Gasteiger partial charge in [0.1, 0.15) is 4.88 Å². The van der Waals surface area contributed by atoms with E-state index in [1.807, 2.05) is 0 Å². The van der Waals surface area contributed by atoms with Gasteiger partial charge in [-0.3, -0.25) is 4.79 Å². The summed E-state index contributed by atoms with van der Waals surface area (Å²) in [6.45, 7) is 8.00. The smallest absolute Gasteiger partial charge is 0.264 e. The summed E-state index contributed by atoms with van der Waals surface area (Å²) in [5, 5.41) is 0.541. The average molecular weight is 218 g/mol. The van der Waals surface area contributed by atoms with Crippen LogP contribution in [-0.2, 0) is 5.41 Å². The molecule has 0 aromatic carbocycles. The summed E-state index contributed by atoms with van der Waals surface area (Å²) < 4.78 is 0. The van der Waals surface area contributed by atoms with Crippen molar-refractivity contribution >= 4 is 28.2 Å². The van der Waals surface area contributed by atoms with E-state index >= 15 is 0 Å². The van der Waals surface area contributed by atoms with Gasteiger partial charge in [0, 0.05) is 5.41 Å². The Bertz CT molecular complexity index is 338. The van der Waals surface area contributed by atoms with Crippen molar-refractivity contribution in [1.29, 1.82) is 0 Å². The summed E-state index contributed by atoms with van der Waals surface area (Å²) in [5.74, 6) is 0. The van der Waals surface area contributed by atoms with Crippen molar-refractivity contribution in [1.82, 2.24) is 4.98 Å². The molecule has 2 nitrogen and oxygen atoms in total. The van der Waals surface area contributed by atoms with Crippen LogP contribution in [0.25, 0.3) is 0 Å². The number of aromatic nitrogens is 1. The van der Waals surface area contributed by atoms with Crippen LogP contribution in [0.3, 0.4) is 0 Å². The quantitative estimate of drug-likeness (QED) is 0.677. The van der Waals surface area contributed by atoms with Crippen molar-refractivity contribution < 1.29 is 4.79 Å². The van der Waals surface area contributed by atoms with E-state index in [1.54, 1.807) is 6.92 Å². The van der Waals surface area contributed by atoms with Crippen LogP contribution in [0.2, 0.25) is 0 Å². The lowest BCUT2D eigenvalue weighted by atomic mass is 9.98. The van der Waals surface area contributed by atoms with Crippen LogP contribution in [0.15, 0.2) is 0 Å². The van der Waals surface area contributed by atoms with E-state index in [0.717, 1.165) is 10.7 Å². The van der Waals surface area contributed by atoms with Crippen molar-refractivity contribution in [3.8, 4) is 0 Å². The zero-order valence-corrected chi connectivity index (χ0v) is 9.71. The zero-order valence-electron chi connectivity index (χ0n) is 8.14. The first-order chi connectivity index (χ1) is 5.82. The molecule has 0 unspecified atom stereocenters. The van der Waals surface area contributed by atoms with E-state index in [4.69, 9.17) is 11.6 Å². The molecule has 1 rings (SSSR count). The highest BCUT2D eigenvalue weighted by atomic mass is 35.5. The fourth-order valence-corrected chi connectivity index (χ4v) is 2.11. The molecule has 0 aliphatic rings. The van der Waals surface area contributed by atoms with Crippen molar-refractivity contribution in [2.24, 2.45) is 0 Å². The minimum Gasteiger partial charge on any atom is -0.275 e. The Labute approximate surface area is 86.9 Å². The third-order valence-corrected chi connectivity index (χ3v) is 3.50. The standard InChI is InChI=1S/C9H12ClNOS/c1-5-6(7(10)12)13-8(11-5)9(2,3)4/h1-4H3. The topological polar surface area (TPSA) is 30.0 Å². The van der Waals surface area contributed by atoms with Crippen LogP contribution in [0.4, 0.5) is 0 Å². The molecule has 13 heavy (non-hydrogen) atoms. The van der Waals surface area contributed by atoms with E-state index in [0.29, 0.717) is 4.88 Å². The number of hydrogen-bond donors (Lipinski definition) is 0. The monoisotopic (exact) mass is 217 g/mol. The van der Waals surface area contributed by atoms with Gasteiger partial charge >= 0.3 is 0 Å². The molecule has 4 heteroatoms. The highest BCUT2D eigenvalue weighted by Crippen LogP contribution is 2.29. The van der Waals surface area contributed by atoms with Gasteiger partial charge in [0.05, 0.1) is 10.7 Å². The van der Waals surface area contributed by atoms with Crippen LogP contribution in [0.1, 0.15) is 41.1 Å². The van der Waals surface area contributed by atoms with Crippen molar-refractivity contribution in [2.45, 2.75) is 33.1 Å². The van der Waals surface area contributed by atoms with E-state index in [2.05, 4.69) is 25.8 Å². The van der Waals surface area contributed by atoms with E-state index in [1.165, 1.54) is 11.3 Å². The molecule has 0 aliphatic carbocycles. The molecule has 0 bridgehead atoms. The van der Waals surface area contributed by atoms with Gasteiger partial charge in [-0.05, 0) is 18.5 Å². The first-order valence-electron chi connectivity index (χ1n) is 4.00. The molecule has 0 radical (unpaired) electrons. The second-order valence-electron chi connectivity index (χ2n) is 3.96. The molecule has 0 fully saturated rings. The second-order valence-corrected chi connectivity index (χ2v) is 5.30. The Kier molecular flexibility index (Phi) is 2.78. The second kappa shape index (κ2) is 3.39. The number of hydrogen-bond acceptors (Lipinski definition) is 3. The van der Waals surface area contributed by atoms with Gasteiger partial charge in [-0.1, -0.05) is 20.8 Å². The summed E-state index contributed by atoms with van der Waals surface area (Å²) >= 11 is 6.79. The lowest BCUT2D eigenvalue weighted by molar-refractivity contribution is 0.108. The lowest BCUT2D eigenvalue weighted by Crippen LogP contribution is -2.10.